The van der Waals surface area contributed by atoms with Crippen molar-refractivity contribution in [3.8, 4) is 0 Å². The zero-order valence-electron chi connectivity index (χ0n) is 8.39. The van der Waals surface area contributed by atoms with E-state index in [1.165, 1.54) is 12.1 Å². The van der Waals surface area contributed by atoms with Crippen LogP contribution >= 0.6 is 0 Å². The molecule has 1 heterocycles. The van der Waals surface area contributed by atoms with Crippen LogP contribution in [0.2, 0.25) is 0 Å². The summed E-state index contributed by atoms with van der Waals surface area (Å²) in [6.07, 6.45) is -0.532. The Morgan fingerprint density at radius 1 is 1.44 bits per heavy atom. The maximum Gasteiger partial charge on any atom is 0.184 e. The molecular formula is C10H11FN2O3. The lowest BCUT2D eigenvalue weighted by Crippen LogP contribution is -2.15. The van der Waals surface area contributed by atoms with Gasteiger partial charge in [0.25, 0.3) is 0 Å². The molecule has 1 aliphatic rings. The minimum atomic E-state index is -0.577. The molecule has 16 heavy (non-hydrogen) atoms. The Hall–Kier alpha value is -1.66. The van der Waals surface area contributed by atoms with E-state index in [-0.39, 0.29) is 11.4 Å². The molecule has 0 amide bonds. The number of ether oxygens (including phenoxy) is 2. The second kappa shape index (κ2) is 4.46. The minimum absolute atomic E-state index is 0.0456. The van der Waals surface area contributed by atoms with Gasteiger partial charge in [-0.1, -0.05) is 11.2 Å². The number of nitrogens with zero attached hydrogens (tertiary/aromatic N) is 1. The summed E-state index contributed by atoms with van der Waals surface area (Å²) >= 11 is 0. The van der Waals surface area contributed by atoms with Gasteiger partial charge in [0, 0.05) is 5.56 Å². The number of amidine groups is 1. The van der Waals surface area contributed by atoms with E-state index in [0.717, 1.165) is 0 Å². The van der Waals surface area contributed by atoms with Gasteiger partial charge in [-0.3, -0.25) is 0 Å². The van der Waals surface area contributed by atoms with E-state index in [4.69, 9.17) is 20.4 Å². The van der Waals surface area contributed by atoms with Crippen LogP contribution in [0.4, 0.5) is 4.39 Å². The van der Waals surface area contributed by atoms with E-state index in [1.54, 1.807) is 6.07 Å². The van der Waals surface area contributed by atoms with Crippen molar-refractivity contribution in [2.75, 3.05) is 13.2 Å². The largest absolute Gasteiger partial charge is 0.409 e. The van der Waals surface area contributed by atoms with Gasteiger partial charge in [0.15, 0.2) is 12.1 Å². The SMILES string of the molecule is NC(=NO)c1ccc(C2OCCO2)cc1F. The summed E-state index contributed by atoms with van der Waals surface area (Å²) in [7, 11) is 0. The number of hydrogen-bond acceptors (Lipinski definition) is 4. The maximum absolute atomic E-state index is 13.6. The molecule has 6 heteroatoms. The fraction of sp³-hybridized carbons (Fsp3) is 0.300. The lowest BCUT2D eigenvalue weighted by molar-refractivity contribution is -0.0443. The van der Waals surface area contributed by atoms with Crippen LogP contribution in [0.15, 0.2) is 23.4 Å². The zero-order chi connectivity index (χ0) is 11.5. The Balaban J connectivity index is 2.28. The monoisotopic (exact) mass is 226 g/mol. The van der Waals surface area contributed by atoms with Gasteiger partial charge in [0.2, 0.25) is 0 Å². The van der Waals surface area contributed by atoms with Crippen molar-refractivity contribution in [1.82, 2.24) is 0 Å². The Bertz CT molecular complexity index is 417. The molecule has 1 aliphatic heterocycles. The van der Waals surface area contributed by atoms with E-state index >= 15 is 0 Å². The summed E-state index contributed by atoms with van der Waals surface area (Å²) in [4.78, 5) is 0. The molecule has 1 aromatic rings. The molecule has 1 saturated heterocycles. The third kappa shape index (κ3) is 1.98. The van der Waals surface area contributed by atoms with Crippen molar-refractivity contribution in [3.63, 3.8) is 0 Å². The quantitative estimate of drug-likeness (QED) is 0.341. The number of rotatable bonds is 2. The summed E-state index contributed by atoms with van der Waals surface area (Å²) in [5, 5.41) is 11.2. The van der Waals surface area contributed by atoms with Gasteiger partial charge in [-0.2, -0.15) is 0 Å². The van der Waals surface area contributed by atoms with Crippen LogP contribution in [-0.2, 0) is 9.47 Å². The Morgan fingerprint density at radius 3 is 2.69 bits per heavy atom. The molecule has 0 atom stereocenters. The highest BCUT2D eigenvalue weighted by Crippen LogP contribution is 2.24. The average Bonchev–Trinajstić information content (AvgIpc) is 2.81. The number of nitrogens with two attached hydrogens (primary N) is 1. The van der Waals surface area contributed by atoms with Crippen LogP contribution < -0.4 is 5.73 Å². The zero-order valence-corrected chi connectivity index (χ0v) is 8.39. The van der Waals surface area contributed by atoms with Crippen molar-refractivity contribution in [2.24, 2.45) is 10.9 Å². The molecular weight excluding hydrogens is 215 g/mol. The highest BCUT2D eigenvalue weighted by atomic mass is 19.1. The summed E-state index contributed by atoms with van der Waals surface area (Å²) < 4.78 is 24.0. The molecule has 3 N–H and O–H groups in total. The van der Waals surface area contributed by atoms with Crippen molar-refractivity contribution in [3.05, 3.63) is 35.1 Å². The molecule has 0 bridgehead atoms. The van der Waals surface area contributed by atoms with Gasteiger partial charge in [0.1, 0.15) is 5.82 Å². The van der Waals surface area contributed by atoms with E-state index in [2.05, 4.69) is 5.16 Å². The molecule has 0 aromatic heterocycles. The van der Waals surface area contributed by atoms with Gasteiger partial charge in [-0.05, 0) is 12.1 Å². The highest BCUT2D eigenvalue weighted by molar-refractivity contribution is 5.97. The maximum atomic E-state index is 13.6. The molecule has 1 aromatic carbocycles. The number of hydrogen-bond donors (Lipinski definition) is 2. The second-order valence-corrected chi connectivity index (χ2v) is 3.30. The van der Waals surface area contributed by atoms with E-state index < -0.39 is 12.1 Å². The van der Waals surface area contributed by atoms with E-state index in [0.29, 0.717) is 18.8 Å². The van der Waals surface area contributed by atoms with E-state index in [1.807, 2.05) is 0 Å². The first-order valence-corrected chi connectivity index (χ1v) is 4.73. The summed E-state index contributed by atoms with van der Waals surface area (Å²) in [6.45, 7) is 0.989. The fourth-order valence-electron chi connectivity index (χ4n) is 1.49. The average molecular weight is 226 g/mol. The predicted molar refractivity (Wildman–Crippen MR) is 53.6 cm³/mol. The summed E-state index contributed by atoms with van der Waals surface area (Å²) in [6, 6.07) is 4.29. The lowest BCUT2D eigenvalue weighted by atomic mass is 10.1. The molecule has 5 nitrogen and oxygen atoms in total. The molecule has 86 valence electrons. The lowest BCUT2D eigenvalue weighted by Gasteiger charge is -2.10. The molecule has 0 aliphatic carbocycles. The summed E-state index contributed by atoms with van der Waals surface area (Å²) in [5.74, 6) is -0.843. The Labute approximate surface area is 91.3 Å². The highest BCUT2D eigenvalue weighted by Gasteiger charge is 2.20. The van der Waals surface area contributed by atoms with E-state index in [9.17, 15) is 4.39 Å². The van der Waals surface area contributed by atoms with Gasteiger partial charge in [-0.15, -0.1) is 0 Å². The van der Waals surface area contributed by atoms with Crippen LogP contribution in [0.25, 0.3) is 0 Å². The number of halogens is 1. The number of oxime groups is 1. The topological polar surface area (TPSA) is 77.1 Å². The van der Waals surface area contributed by atoms with Gasteiger partial charge >= 0.3 is 0 Å². The fourth-order valence-corrected chi connectivity index (χ4v) is 1.49. The van der Waals surface area contributed by atoms with Crippen molar-refractivity contribution >= 4 is 5.84 Å². The first-order valence-electron chi connectivity index (χ1n) is 4.73. The number of benzene rings is 1. The Morgan fingerprint density at radius 2 is 2.12 bits per heavy atom. The molecule has 0 spiro atoms. The molecule has 0 saturated carbocycles. The van der Waals surface area contributed by atoms with Crippen molar-refractivity contribution in [2.45, 2.75) is 6.29 Å². The van der Waals surface area contributed by atoms with Gasteiger partial charge in [-0.25, -0.2) is 4.39 Å². The molecule has 0 unspecified atom stereocenters. The van der Waals surface area contributed by atoms with Crippen molar-refractivity contribution in [1.29, 1.82) is 0 Å². The van der Waals surface area contributed by atoms with Crippen LogP contribution in [0.5, 0.6) is 0 Å². The first kappa shape index (κ1) is 10.8. The normalized spacial score (nSPS) is 17.9. The van der Waals surface area contributed by atoms with Crippen LogP contribution in [0.3, 0.4) is 0 Å². The van der Waals surface area contributed by atoms with Gasteiger partial charge < -0.3 is 20.4 Å². The standard InChI is InChI=1S/C10H11FN2O3/c11-8-5-6(10-15-3-4-16-10)1-2-7(8)9(12)13-14/h1-2,5,10,14H,3-4H2,(H2,12,13). The van der Waals surface area contributed by atoms with Crippen LogP contribution in [0.1, 0.15) is 17.4 Å². The van der Waals surface area contributed by atoms with Gasteiger partial charge in [0.05, 0.1) is 18.8 Å². The molecule has 2 rings (SSSR count). The first-order chi connectivity index (χ1) is 7.72. The Kier molecular flexibility index (Phi) is 3.02. The van der Waals surface area contributed by atoms with Crippen molar-refractivity contribution < 1.29 is 19.1 Å². The third-order valence-electron chi connectivity index (χ3n) is 2.27. The minimum Gasteiger partial charge on any atom is -0.409 e. The second-order valence-electron chi connectivity index (χ2n) is 3.30. The smallest absolute Gasteiger partial charge is 0.184 e. The third-order valence-corrected chi connectivity index (χ3v) is 2.27. The summed E-state index contributed by atoms with van der Waals surface area (Å²) in [5.41, 5.74) is 5.92. The molecule has 0 radical (unpaired) electrons. The van der Waals surface area contributed by atoms with Crippen LogP contribution in [0, 0.1) is 5.82 Å². The predicted octanol–water partition coefficient (Wildman–Crippen LogP) is 0.966. The molecule has 1 fully saturated rings. The van der Waals surface area contributed by atoms with Crippen LogP contribution in [-0.4, -0.2) is 24.3 Å².